The Bertz CT molecular complexity index is 900. The summed E-state index contributed by atoms with van der Waals surface area (Å²) in [5, 5.41) is 3.76. The molecule has 3 rings (SSSR count). The lowest BCUT2D eigenvalue weighted by Crippen LogP contribution is -2.29. The number of fused-ring (bicyclic) bond motifs is 1. The van der Waals surface area contributed by atoms with E-state index in [-0.39, 0.29) is 18.5 Å². The average molecular weight is 336 g/mol. The molecule has 5 heteroatoms. The van der Waals surface area contributed by atoms with Crippen LogP contribution in [0.4, 0.5) is 0 Å². The third-order valence-corrected chi connectivity index (χ3v) is 4.24. The van der Waals surface area contributed by atoms with Crippen molar-refractivity contribution in [3.8, 4) is 5.75 Å². The van der Waals surface area contributed by atoms with E-state index in [1.54, 1.807) is 23.9 Å². The Kier molecular flexibility index (Phi) is 4.84. The minimum atomic E-state index is -0.110. The van der Waals surface area contributed by atoms with Gasteiger partial charge in [-0.1, -0.05) is 30.3 Å². The van der Waals surface area contributed by atoms with Crippen molar-refractivity contribution in [2.75, 3.05) is 7.11 Å². The van der Waals surface area contributed by atoms with Gasteiger partial charge in [0.2, 0.25) is 5.91 Å². The number of carbonyl (C=O) groups is 2. The zero-order chi connectivity index (χ0) is 17.8. The maximum absolute atomic E-state index is 12.4. The number of hydrogen-bond donors (Lipinski definition) is 1. The fourth-order valence-corrected chi connectivity index (χ4v) is 2.92. The SMILES string of the molecule is COc1ccc2c(c1)c(C=O)cn2CC(=O)NC(C)c1ccccc1. The van der Waals surface area contributed by atoms with Crippen LogP contribution in [0.5, 0.6) is 5.75 Å². The Labute approximate surface area is 146 Å². The van der Waals surface area contributed by atoms with E-state index >= 15 is 0 Å². The molecule has 0 spiro atoms. The van der Waals surface area contributed by atoms with Crippen molar-refractivity contribution in [1.82, 2.24) is 9.88 Å². The summed E-state index contributed by atoms with van der Waals surface area (Å²) in [4.78, 5) is 23.7. The number of hydrogen-bond acceptors (Lipinski definition) is 3. The van der Waals surface area contributed by atoms with Crippen molar-refractivity contribution in [3.05, 3.63) is 65.9 Å². The zero-order valence-corrected chi connectivity index (χ0v) is 14.2. The van der Waals surface area contributed by atoms with Crippen molar-refractivity contribution < 1.29 is 14.3 Å². The highest BCUT2D eigenvalue weighted by Gasteiger charge is 2.14. The molecule has 0 fully saturated rings. The van der Waals surface area contributed by atoms with Crippen LogP contribution in [-0.4, -0.2) is 23.9 Å². The van der Waals surface area contributed by atoms with E-state index in [0.717, 1.165) is 22.8 Å². The van der Waals surface area contributed by atoms with E-state index in [2.05, 4.69) is 5.32 Å². The molecule has 1 atom stereocenters. The Morgan fingerprint density at radius 2 is 2.00 bits per heavy atom. The standard InChI is InChI=1S/C20H20N2O3/c1-14(15-6-4-3-5-7-15)21-20(24)12-22-11-16(13-23)18-10-17(25-2)8-9-19(18)22/h3-11,13-14H,12H2,1-2H3,(H,21,24). The van der Waals surface area contributed by atoms with Crippen molar-refractivity contribution >= 4 is 23.1 Å². The number of aldehydes is 1. The highest BCUT2D eigenvalue weighted by molar-refractivity contribution is 5.98. The summed E-state index contributed by atoms with van der Waals surface area (Å²) in [6, 6.07) is 15.2. The quantitative estimate of drug-likeness (QED) is 0.702. The van der Waals surface area contributed by atoms with E-state index < -0.39 is 0 Å². The second-order valence-electron chi connectivity index (χ2n) is 5.91. The fraction of sp³-hybridized carbons (Fsp3) is 0.200. The predicted molar refractivity (Wildman–Crippen MR) is 96.9 cm³/mol. The molecule has 0 bridgehead atoms. The predicted octanol–water partition coefficient (Wildman–Crippen LogP) is 3.34. The molecule has 3 aromatic rings. The number of carbonyl (C=O) groups excluding carboxylic acids is 2. The number of nitrogens with one attached hydrogen (secondary N) is 1. The van der Waals surface area contributed by atoms with Gasteiger partial charge in [0.05, 0.1) is 13.2 Å². The second-order valence-corrected chi connectivity index (χ2v) is 5.91. The van der Waals surface area contributed by atoms with Gasteiger partial charge in [-0.3, -0.25) is 9.59 Å². The van der Waals surface area contributed by atoms with Gasteiger partial charge in [0.15, 0.2) is 6.29 Å². The zero-order valence-electron chi connectivity index (χ0n) is 14.2. The molecule has 0 aliphatic rings. The van der Waals surface area contributed by atoms with Gasteiger partial charge in [-0.25, -0.2) is 0 Å². The van der Waals surface area contributed by atoms with Gasteiger partial charge in [0.1, 0.15) is 12.3 Å². The van der Waals surface area contributed by atoms with Gasteiger partial charge in [0, 0.05) is 22.7 Å². The molecular formula is C20H20N2O3. The van der Waals surface area contributed by atoms with Crippen LogP contribution >= 0.6 is 0 Å². The summed E-state index contributed by atoms with van der Waals surface area (Å²) in [5.41, 5.74) is 2.41. The Balaban J connectivity index is 1.80. The molecule has 0 saturated carbocycles. The highest BCUT2D eigenvalue weighted by atomic mass is 16.5. The topological polar surface area (TPSA) is 60.3 Å². The molecule has 1 amide bonds. The van der Waals surface area contributed by atoms with Crippen molar-refractivity contribution in [1.29, 1.82) is 0 Å². The molecule has 0 radical (unpaired) electrons. The van der Waals surface area contributed by atoms with E-state index in [1.165, 1.54) is 0 Å². The Hall–Kier alpha value is -3.08. The maximum Gasteiger partial charge on any atom is 0.240 e. The summed E-state index contributed by atoms with van der Waals surface area (Å²) in [5.74, 6) is 0.567. The molecule has 1 unspecified atom stereocenters. The average Bonchev–Trinajstić information content (AvgIpc) is 2.99. The van der Waals surface area contributed by atoms with Crippen LogP contribution in [0.3, 0.4) is 0 Å². The number of benzene rings is 2. The van der Waals surface area contributed by atoms with Crippen LogP contribution in [0.15, 0.2) is 54.7 Å². The molecule has 128 valence electrons. The smallest absolute Gasteiger partial charge is 0.240 e. The van der Waals surface area contributed by atoms with Gasteiger partial charge >= 0.3 is 0 Å². The molecular weight excluding hydrogens is 316 g/mol. The first-order valence-corrected chi connectivity index (χ1v) is 8.08. The van der Waals surface area contributed by atoms with E-state index in [4.69, 9.17) is 4.74 Å². The number of ether oxygens (including phenoxy) is 1. The minimum absolute atomic E-state index is 0.0823. The first-order valence-electron chi connectivity index (χ1n) is 8.08. The monoisotopic (exact) mass is 336 g/mol. The lowest BCUT2D eigenvalue weighted by atomic mass is 10.1. The molecule has 5 nitrogen and oxygen atoms in total. The van der Waals surface area contributed by atoms with Crippen LogP contribution in [-0.2, 0) is 11.3 Å². The van der Waals surface area contributed by atoms with E-state index in [1.807, 2.05) is 49.4 Å². The summed E-state index contributed by atoms with van der Waals surface area (Å²) in [6.07, 6.45) is 2.49. The number of rotatable bonds is 6. The van der Waals surface area contributed by atoms with Crippen LogP contribution < -0.4 is 10.1 Å². The minimum Gasteiger partial charge on any atom is -0.497 e. The lowest BCUT2D eigenvalue weighted by molar-refractivity contribution is -0.122. The van der Waals surface area contributed by atoms with E-state index in [0.29, 0.717) is 11.3 Å². The summed E-state index contributed by atoms with van der Waals surface area (Å²) in [7, 11) is 1.58. The first kappa shape index (κ1) is 16.8. The van der Waals surface area contributed by atoms with Gasteiger partial charge in [-0.2, -0.15) is 0 Å². The maximum atomic E-state index is 12.4. The van der Waals surface area contributed by atoms with Crippen molar-refractivity contribution in [3.63, 3.8) is 0 Å². The third kappa shape index (κ3) is 3.55. The number of aromatic nitrogens is 1. The van der Waals surface area contributed by atoms with Gasteiger partial charge in [0.25, 0.3) is 0 Å². The normalized spacial score (nSPS) is 11.9. The fourth-order valence-electron chi connectivity index (χ4n) is 2.92. The van der Waals surface area contributed by atoms with Crippen LogP contribution in [0.1, 0.15) is 28.9 Å². The molecule has 0 aliphatic heterocycles. The molecule has 0 aliphatic carbocycles. The first-order chi connectivity index (χ1) is 12.1. The number of amides is 1. The van der Waals surface area contributed by atoms with Crippen molar-refractivity contribution in [2.45, 2.75) is 19.5 Å². The van der Waals surface area contributed by atoms with Gasteiger partial charge in [-0.05, 0) is 30.7 Å². The molecule has 1 aromatic heterocycles. The lowest BCUT2D eigenvalue weighted by Gasteiger charge is -2.15. The summed E-state index contributed by atoms with van der Waals surface area (Å²) in [6.45, 7) is 2.09. The van der Waals surface area contributed by atoms with E-state index in [9.17, 15) is 9.59 Å². The van der Waals surface area contributed by atoms with Gasteiger partial charge < -0.3 is 14.6 Å². The van der Waals surface area contributed by atoms with Gasteiger partial charge in [-0.15, -0.1) is 0 Å². The van der Waals surface area contributed by atoms with Crippen LogP contribution in [0.2, 0.25) is 0 Å². The number of methoxy groups -OCH3 is 1. The molecule has 1 heterocycles. The number of nitrogens with zero attached hydrogens (tertiary/aromatic N) is 1. The Morgan fingerprint density at radius 1 is 1.24 bits per heavy atom. The molecule has 2 aromatic carbocycles. The highest BCUT2D eigenvalue weighted by Crippen LogP contribution is 2.25. The summed E-state index contributed by atoms with van der Waals surface area (Å²) < 4.78 is 6.99. The third-order valence-electron chi connectivity index (χ3n) is 4.24. The van der Waals surface area contributed by atoms with Crippen LogP contribution in [0.25, 0.3) is 10.9 Å². The molecule has 0 saturated heterocycles. The summed E-state index contributed by atoms with van der Waals surface area (Å²) >= 11 is 0. The molecule has 1 N–H and O–H groups in total. The van der Waals surface area contributed by atoms with Crippen LogP contribution in [0, 0.1) is 0 Å². The Morgan fingerprint density at radius 3 is 2.68 bits per heavy atom. The second kappa shape index (κ2) is 7.21. The van der Waals surface area contributed by atoms with Crippen molar-refractivity contribution in [2.24, 2.45) is 0 Å². The molecule has 25 heavy (non-hydrogen) atoms. The largest absolute Gasteiger partial charge is 0.497 e.